The van der Waals surface area contributed by atoms with Gasteiger partial charge in [-0.15, -0.1) is 0 Å². The number of hydrogen-bond acceptors (Lipinski definition) is 3. The predicted octanol–water partition coefficient (Wildman–Crippen LogP) is 4.30. The minimum Gasteiger partial charge on any atom is -0.310 e. The van der Waals surface area contributed by atoms with E-state index in [1.807, 2.05) is 28.6 Å². The van der Waals surface area contributed by atoms with Crippen molar-refractivity contribution in [3.8, 4) is 5.69 Å². The number of fused-ring (bicyclic) bond motifs is 1. The van der Waals surface area contributed by atoms with Crippen LogP contribution < -0.4 is 5.32 Å². The van der Waals surface area contributed by atoms with Crippen LogP contribution in [0.4, 0.5) is 5.82 Å². The van der Waals surface area contributed by atoms with Crippen LogP contribution in [0.3, 0.4) is 0 Å². The molecule has 3 rings (SSSR count). The first kappa shape index (κ1) is 16.1. The monoisotopic (exact) mass is 329 g/mol. The summed E-state index contributed by atoms with van der Waals surface area (Å²) >= 11 is 1.85. The van der Waals surface area contributed by atoms with Crippen molar-refractivity contribution in [1.29, 1.82) is 0 Å². The molecule has 122 valence electrons. The van der Waals surface area contributed by atoms with E-state index >= 15 is 0 Å². The molecule has 1 aromatic carbocycles. The van der Waals surface area contributed by atoms with E-state index in [9.17, 15) is 4.79 Å². The normalized spacial score (nSPS) is 13.4. The third-order valence-corrected chi connectivity index (χ3v) is 5.37. The molecule has 23 heavy (non-hydrogen) atoms. The zero-order chi connectivity index (χ0) is 16.4. The smallest absolute Gasteiger partial charge is 0.228 e. The average Bonchev–Trinajstić information content (AvgIpc) is 3.11. The summed E-state index contributed by atoms with van der Waals surface area (Å²) in [6, 6.07) is 8.23. The molecule has 1 aliphatic rings. The highest BCUT2D eigenvalue weighted by Crippen LogP contribution is 2.36. The van der Waals surface area contributed by atoms with Gasteiger partial charge in [0, 0.05) is 23.0 Å². The van der Waals surface area contributed by atoms with Crippen molar-refractivity contribution in [2.75, 3.05) is 5.32 Å². The molecule has 0 spiro atoms. The lowest BCUT2D eigenvalue weighted by atomic mass is 10.0. The number of aromatic nitrogens is 2. The lowest BCUT2D eigenvalue weighted by Gasteiger charge is -2.15. The Kier molecular flexibility index (Phi) is 4.76. The summed E-state index contributed by atoms with van der Waals surface area (Å²) in [6.45, 7) is 6.19. The van der Waals surface area contributed by atoms with Gasteiger partial charge in [-0.1, -0.05) is 26.0 Å². The summed E-state index contributed by atoms with van der Waals surface area (Å²) in [4.78, 5) is 12.6. The fraction of sp³-hybridized carbons (Fsp3) is 0.444. The minimum absolute atomic E-state index is 0.0561. The molecule has 0 radical (unpaired) electrons. The van der Waals surface area contributed by atoms with Crippen LogP contribution >= 0.6 is 11.8 Å². The first-order valence-electron chi connectivity index (χ1n) is 8.20. The third kappa shape index (κ3) is 3.15. The maximum Gasteiger partial charge on any atom is 0.228 e. The van der Waals surface area contributed by atoms with Crippen molar-refractivity contribution in [2.24, 2.45) is 5.92 Å². The van der Waals surface area contributed by atoms with E-state index in [-0.39, 0.29) is 11.8 Å². The molecule has 0 aliphatic carbocycles. The molecule has 4 nitrogen and oxygen atoms in total. The SMILES string of the molecule is CCC(CC)C(=O)Nc1c2c(nn1-c1cccc(C)c1)CSC2. The van der Waals surface area contributed by atoms with Crippen LogP contribution in [0, 0.1) is 12.8 Å². The Hall–Kier alpha value is -1.75. The van der Waals surface area contributed by atoms with E-state index in [2.05, 4.69) is 38.2 Å². The summed E-state index contributed by atoms with van der Waals surface area (Å²) in [5.74, 6) is 2.85. The van der Waals surface area contributed by atoms with Crippen LogP contribution in [0.25, 0.3) is 5.69 Å². The van der Waals surface area contributed by atoms with Crippen molar-refractivity contribution >= 4 is 23.5 Å². The number of benzene rings is 1. The van der Waals surface area contributed by atoms with E-state index in [1.165, 1.54) is 11.1 Å². The van der Waals surface area contributed by atoms with Gasteiger partial charge in [-0.3, -0.25) is 4.79 Å². The van der Waals surface area contributed by atoms with Crippen molar-refractivity contribution in [2.45, 2.75) is 45.1 Å². The number of amides is 1. The quantitative estimate of drug-likeness (QED) is 0.889. The van der Waals surface area contributed by atoms with Crippen LogP contribution in [0.15, 0.2) is 24.3 Å². The fourth-order valence-electron chi connectivity index (χ4n) is 2.97. The Morgan fingerprint density at radius 1 is 1.35 bits per heavy atom. The molecule has 0 atom stereocenters. The van der Waals surface area contributed by atoms with Gasteiger partial charge in [0.05, 0.1) is 11.4 Å². The second-order valence-electron chi connectivity index (χ2n) is 6.02. The summed E-state index contributed by atoms with van der Waals surface area (Å²) in [5.41, 5.74) is 4.46. The zero-order valence-electron chi connectivity index (χ0n) is 13.9. The number of nitrogens with one attached hydrogen (secondary N) is 1. The second-order valence-corrected chi connectivity index (χ2v) is 7.01. The highest BCUT2D eigenvalue weighted by molar-refractivity contribution is 7.98. The van der Waals surface area contributed by atoms with Crippen molar-refractivity contribution in [1.82, 2.24) is 9.78 Å². The molecule has 0 fully saturated rings. The number of rotatable bonds is 5. The minimum atomic E-state index is 0.0561. The fourth-order valence-corrected chi connectivity index (χ4v) is 4.00. The Balaban J connectivity index is 2.00. The van der Waals surface area contributed by atoms with Gasteiger partial charge in [0.25, 0.3) is 0 Å². The van der Waals surface area contributed by atoms with E-state index < -0.39 is 0 Å². The molecule has 5 heteroatoms. The molecular weight excluding hydrogens is 306 g/mol. The molecule has 0 saturated heterocycles. The Morgan fingerprint density at radius 2 is 2.13 bits per heavy atom. The van der Waals surface area contributed by atoms with Gasteiger partial charge >= 0.3 is 0 Å². The number of nitrogens with zero attached hydrogens (tertiary/aromatic N) is 2. The number of anilines is 1. The maximum atomic E-state index is 12.6. The van der Waals surface area contributed by atoms with Gasteiger partial charge in [0.1, 0.15) is 5.82 Å². The van der Waals surface area contributed by atoms with Crippen molar-refractivity contribution in [3.05, 3.63) is 41.1 Å². The van der Waals surface area contributed by atoms with Gasteiger partial charge in [0.15, 0.2) is 0 Å². The van der Waals surface area contributed by atoms with Gasteiger partial charge < -0.3 is 5.32 Å². The van der Waals surface area contributed by atoms with E-state index in [0.717, 1.165) is 41.5 Å². The summed E-state index contributed by atoms with van der Waals surface area (Å²) in [7, 11) is 0. The second kappa shape index (κ2) is 6.79. The van der Waals surface area contributed by atoms with E-state index in [0.29, 0.717) is 0 Å². The Bertz CT molecular complexity index is 719. The summed E-state index contributed by atoms with van der Waals surface area (Å²) < 4.78 is 1.90. The molecule has 0 saturated carbocycles. The van der Waals surface area contributed by atoms with Crippen LogP contribution in [0.5, 0.6) is 0 Å². The lowest BCUT2D eigenvalue weighted by molar-refractivity contribution is -0.120. The third-order valence-electron chi connectivity index (χ3n) is 4.40. The van der Waals surface area contributed by atoms with Crippen molar-refractivity contribution < 1.29 is 4.79 Å². The largest absolute Gasteiger partial charge is 0.310 e. The molecule has 0 bridgehead atoms. The number of carbonyl (C=O) groups excluding carboxylic acids is 1. The van der Waals surface area contributed by atoms with E-state index in [1.54, 1.807) is 0 Å². The first-order chi connectivity index (χ1) is 11.1. The molecule has 0 unspecified atom stereocenters. The molecule has 2 aromatic rings. The predicted molar refractivity (Wildman–Crippen MR) is 96.0 cm³/mol. The van der Waals surface area contributed by atoms with Crippen molar-refractivity contribution in [3.63, 3.8) is 0 Å². The Morgan fingerprint density at radius 3 is 2.83 bits per heavy atom. The first-order valence-corrected chi connectivity index (χ1v) is 9.35. The summed E-state index contributed by atoms with van der Waals surface area (Å²) in [5, 5.41) is 7.91. The van der Waals surface area contributed by atoms with E-state index in [4.69, 9.17) is 5.10 Å². The maximum absolute atomic E-state index is 12.6. The number of hydrogen-bond donors (Lipinski definition) is 1. The molecule has 1 amide bonds. The van der Waals surface area contributed by atoms with Crippen LogP contribution in [0.2, 0.25) is 0 Å². The zero-order valence-corrected chi connectivity index (χ0v) is 14.7. The van der Waals surface area contributed by atoms with Crippen LogP contribution in [0.1, 0.15) is 43.5 Å². The number of thioether (sulfide) groups is 1. The van der Waals surface area contributed by atoms with Crippen LogP contribution in [-0.4, -0.2) is 15.7 Å². The highest BCUT2D eigenvalue weighted by Gasteiger charge is 2.26. The highest BCUT2D eigenvalue weighted by atomic mass is 32.2. The molecule has 2 heterocycles. The topological polar surface area (TPSA) is 46.9 Å². The summed E-state index contributed by atoms with van der Waals surface area (Å²) in [6.07, 6.45) is 1.72. The molecule has 1 N–H and O–H groups in total. The number of aryl methyl sites for hydroxylation is 1. The van der Waals surface area contributed by atoms with Gasteiger partial charge in [-0.25, -0.2) is 4.68 Å². The van der Waals surface area contributed by atoms with Gasteiger partial charge in [-0.05, 0) is 37.5 Å². The Labute approximate surface area is 141 Å². The van der Waals surface area contributed by atoms with Gasteiger partial charge in [-0.2, -0.15) is 16.9 Å². The van der Waals surface area contributed by atoms with Gasteiger partial charge in [0.2, 0.25) is 5.91 Å². The lowest BCUT2D eigenvalue weighted by Crippen LogP contribution is -2.23. The van der Waals surface area contributed by atoms with Crippen LogP contribution in [-0.2, 0) is 16.3 Å². The molecular formula is C18H23N3OS. The molecule has 1 aliphatic heterocycles. The average molecular weight is 329 g/mol. The molecule has 1 aromatic heterocycles. The standard InChI is InChI=1S/C18H23N3OS/c1-4-13(5-2)18(22)19-17-15-10-23-11-16(15)20-21(17)14-8-6-7-12(3)9-14/h6-9,13H,4-5,10-11H2,1-3H3,(H,19,22). The number of carbonyl (C=O) groups is 1.